The maximum absolute atomic E-state index is 13.7. The molecule has 2 atom stereocenters. The van der Waals surface area contributed by atoms with Gasteiger partial charge >= 0.3 is 6.09 Å². The van der Waals surface area contributed by atoms with Crippen LogP contribution >= 0.6 is 11.6 Å². The number of amides is 4. The van der Waals surface area contributed by atoms with E-state index in [4.69, 9.17) is 21.1 Å². The Morgan fingerprint density at radius 2 is 1.49 bits per heavy atom. The Hall–Kier alpha value is -3.92. The first kappa shape index (κ1) is 39.5. The van der Waals surface area contributed by atoms with Gasteiger partial charge in [0.25, 0.3) is 17.7 Å². The minimum atomic E-state index is -1.81. The molecule has 1 fully saturated rings. The lowest BCUT2D eigenvalue weighted by atomic mass is 9.76. The fourth-order valence-electron chi connectivity index (χ4n) is 5.25. The Morgan fingerprint density at radius 3 is 2.00 bits per heavy atom. The van der Waals surface area contributed by atoms with E-state index in [-0.39, 0.29) is 21.5 Å². The highest BCUT2D eigenvalue weighted by Crippen LogP contribution is 2.39. The van der Waals surface area contributed by atoms with E-state index in [9.17, 15) is 24.0 Å². The molecule has 49 heavy (non-hydrogen) atoms. The standard InChI is InChI=1S/C38H52ClN3O7/c1-13-27(48-28-19-16-22(36(7,8)14-2)20-24(28)37(9,10)15-3)31(44)40-23-17-18-25(39)26(21-23)41-32(45)29(30(43)35(4,5)6)42-33(46)38(11,12)49-34(42)47/h16-21,27,29H,13-15H2,1-12H3,(H,40,44)(H,41,45). The highest BCUT2D eigenvalue weighted by molar-refractivity contribution is 6.34. The van der Waals surface area contributed by atoms with Crippen LogP contribution in [0.15, 0.2) is 36.4 Å². The van der Waals surface area contributed by atoms with E-state index in [0.717, 1.165) is 18.4 Å². The predicted octanol–water partition coefficient (Wildman–Crippen LogP) is 8.19. The van der Waals surface area contributed by atoms with Crippen LogP contribution in [0.25, 0.3) is 0 Å². The smallest absolute Gasteiger partial charge is 0.418 e. The fourth-order valence-corrected chi connectivity index (χ4v) is 5.41. The number of carbonyl (C=O) groups is 5. The Labute approximate surface area is 295 Å². The minimum absolute atomic E-state index is 0.0235. The summed E-state index contributed by atoms with van der Waals surface area (Å²) in [5, 5.41) is 5.54. The summed E-state index contributed by atoms with van der Waals surface area (Å²) in [6.07, 6.45) is 0.282. The van der Waals surface area contributed by atoms with Gasteiger partial charge in [0, 0.05) is 16.7 Å². The molecule has 1 saturated heterocycles. The zero-order valence-corrected chi connectivity index (χ0v) is 31.7. The van der Waals surface area contributed by atoms with Gasteiger partial charge in [-0.15, -0.1) is 0 Å². The molecule has 2 aromatic rings. The highest BCUT2D eigenvalue weighted by atomic mass is 35.5. The second kappa shape index (κ2) is 14.5. The number of imide groups is 1. The SMILES string of the molecule is CCC(Oc1ccc(C(C)(C)CC)cc1C(C)(C)CC)C(=O)Nc1ccc(Cl)c(NC(=O)C(C(=O)C(C)(C)C)N2C(=O)OC(C)(C)C2=O)c1. The number of benzene rings is 2. The number of rotatable bonds is 13. The summed E-state index contributed by atoms with van der Waals surface area (Å²) in [7, 11) is 0. The van der Waals surface area contributed by atoms with Crippen molar-refractivity contribution in [2.24, 2.45) is 5.41 Å². The summed E-state index contributed by atoms with van der Waals surface area (Å²) in [4.78, 5) is 67.1. The number of ketones is 1. The van der Waals surface area contributed by atoms with Gasteiger partial charge in [0.15, 0.2) is 23.5 Å². The van der Waals surface area contributed by atoms with Crippen molar-refractivity contribution in [3.05, 3.63) is 52.5 Å². The predicted molar refractivity (Wildman–Crippen MR) is 192 cm³/mol. The Morgan fingerprint density at radius 1 is 0.878 bits per heavy atom. The van der Waals surface area contributed by atoms with E-state index in [1.165, 1.54) is 31.5 Å². The topological polar surface area (TPSA) is 131 Å². The van der Waals surface area contributed by atoms with Crippen molar-refractivity contribution in [1.29, 1.82) is 0 Å². The molecule has 0 spiro atoms. The molecule has 0 radical (unpaired) electrons. The third-order valence-corrected chi connectivity index (χ3v) is 9.78. The van der Waals surface area contributed by atoms with Gasteiger partial charge in [0.05, 0.1) is 10.7 Å². The van der Waals surface area contributed by atoms with Crippen LogP contribution in [0.3, 0.4) is 0 Å². The van der Waals surface area contributed by atoms with Gasteiger partial charge in [0.2, 0.25) is 0 Å². The molecular weight excluding hydrogens is 646 g/mol. The molecule has 3 rings (SSSR count). The van der Waals surface area contributed by atoms with Crippen molar-refractivity contribution in [2.45, 2.75) is 131 Å². The molecule has 0 aromatic heterocycles. The number of hydrogen-bond acceptors (Lipinski definition) is 7. The molecule has 1 heterocycles. The maximum atomic E-state index is 13.7. The van der Waals surface area contributed by atoms with Crippen molar-refractivity contribution in [3.63, 3.8) is 0 Å². The van der Waals surface area contributed by atoms with Crippen LogP contribution in [0.1, 0.15) is 113 Å². The summed E-state index contributed by atoms with van der Waals surface area (Å²) < 4.78 is 11.6. The van der Waals surface area contributed by atoms with Crippen molar-refractivity contribution in [1.82, 2.24) is 4.90 Å². The van der Waals surface area contributed by atoms with Crippen LogP contribution in [-0.2, 0) is 34.7 Å². The zero-order valence-electron chi connectivity index (χ0n) is 30.9. The van der Waals surface area contributed by atoms with E-state index < -0.39 is 52.8 Å². The lowest BCUT2D eigenvalue weighted by Gasteiger charge is -2.31. The van der Waals surface area contributed by atoms with Crippen LogP contribution in [0.4, 0.5) is 16.2 Å². The minimum Gasteiger partial charge on any atom is -0.480 e. The Balaban J connectivity index is 1.90. The molecule has 0 saturated carbocycles. The first-order valence-electron chi connectivity index (χ1n) is 16.8. The van der Waals surface area contributed by atoms with Crippen LogP contribution < -0.4 is 15.4 Å². The maximum Gasteiger partial charge on any atom is 0.418 e. The van der Waals surface area contributed by atoms with Crippen LogP contribution in [-0.4, -0.2) is 52.2 Å². The van der Waals surface area contributed by atoms with Crippen LogP contribution in [0, 0.1) is 5.41 Å². The number of cyclic esters (lactones) is 1. The number of halogens is 1. The summed E-state index contributed by atoms with van der Waals surface area (Å²) in [5.74, 6) is -2.21. The van der Waals surface area contributed by atoms with Gasteiger partial charge in [-0.1, -0.05) is 93.0 Å². The number of ether oxygens (including phenoxy) is 2. The third kappa shape index (κ3) is 8.63. The van der Waals surface area contributed by atoms with Crippen molar-refractivity contribution < 1.29 is 33.4 Å². The monoisotopic (exact) mass is 697 g/mol. The number of nitrogens with zero attached hydrogens (tertiary/aromatic N) is 1. The van der Waals surface area contributed by atoms with E-state index in [1.54, 1.807) is 26.8 Å². The van der Waals surface area contributed by atoms with Gasteiger partial charge in [0.1, 0.15) is 5.75 Å². The summed E-state index contributed by atoms with van der Waals surface area (Å²) in [6, 6.07) is 8.86. The van der Waals surface area contributed by atoms with Crippen LogP contribution in [0.5, 0.6) is 5.75 Å². The van der Waals surface area contributed by atoms with E-state index in [1.807, 2.05) is 13.0 Å². The number of anilines is 2. The van der Waals surface area contributed by atoms with E-state index >= 15 is 0 Å². The molecule has 0 bridgehead atoms. The third-order valence-electron chi connectivity index (χ3n) is 9.45. The van der Waals surface area contributed by atoms with Crippen LogP contribution in [0.2, 0.25) is 5.02 Å². The van der Waals surface area contributed by atoms with Gasteiger partial charge in [-0.3, -0.25) is 19.2 Å². The van der Waals surface area contributed by atoms with Crippen molar-refractivity contribution in [2.75, 3.05) is 10.6 Å². The highest BCUT2D eigenvalue weighted by Gasteiger charge is 2.55. The van der Waals surface area contributed by atoms with Gasteiger partial charge in [-0.05, 0) is 73.8 Å². The van der Waals surface area contributed by atoms with Crippen molar-refractivity contribution >= 4 is 52.6 Å². The molecule has 0 aliphatic carbocycles. The summed E-state index contributed by atoms with van der Waals surface area (Å²) >= 11 is 6.43. The molecule has 11 heteroatoms. The first-order valence-corrected chi connectivity index (χ1v) is 17.2. The average molecular weight is 698 g/mol. The van der Waals surface area contributed by atoms with E-state index in [0.29, 0.717) is 22.8 Å². The Bertz CT molecular complexity index is 1620. The molecule has 2 aromatic carbocycles. The van der Waals surface area contributed by atoms with E-state index in [2.05, 4.69) is 64.3 Å². The number of nitrogens with one attached hydrogen (secondary N) is 2. The molecule has 268 valence electrons. The Kier molecular flexibility index (Phi) is 11.7. The molecule has 4 amide bonds. The fraction of sp³-hybridized carbons (Fsp3) is 0.553. The molecule has 2 N–H and O–H groups in total. The van der Waals surface area contributed by atoms with Gasteiger partial charge in [-0.2, -0.15) is 0 Å². The normalized spacial score (nSPS) is 16.1. The largest absolute Gasteiger partial charge is 0.480 e. The second-order valence-corrected chi connectivity index (χ2v) is 15.9. The number of hydrogen-bond donors (Lipinski definition) is 2. The summed E-state index contributed by atoms with van der Waals surface area (Å²) in [5.41, 5.74) is -0.274. The quantitative estimate of drug-likeness (QED) is 0.202. The molecule has 1 aliphatic heterocycles. The van der Waals surface area contributed by atoms with Gasteiger partial charge < -0.3 is 20.1 Å². The zero-order chi connectivity index (χ0) is 37.3. The van der Waals surface area contributed by atoms with Crippen molar-refractivity contribution in [3.8, 4) is 5.75 Å². The lowest BCUT2D eigenvalue weighted by Crippen LogP contribution is -2.55. The lowest BCUT2D eigenvalue weighted by molar-refractivity contribution is -0.145. The second-order valence-electron chi connectivity index (χ2n) is 15.4. The molecule has 1 aliphatic rings. The average Bonchev–Trinajstić information content (AvgIpc) is 3.22. The first-order chi connectivity index (χ1) is 22.5. The number of Topliss-reactive ketones (excluding diaryl/α,β-unsaturated/α-hetero) is 1. The summed E-state index contributed by atoms with van der Waals surface area (Å²) in [6.45, 7) is 22.4. The number of carbonyl (C=O) groups excluding carboxylic acids is 5. The molecule has 2 unspecified atom stereocenters. The molecule has 10 nitrogen and oxygen atoms in total. The van der Waals surface area contributed by atoms with Gasteiger partial charge in [-0.25, -0.2) is 9.69 Å². The molecular formula is C38H52ClN3O7.